The number of nitrogens with one attached hydrogen (secondary N) is 1. The fourth-order valence-corrected chi connectivity index (χ4v) is 4.06. The molecule has 3 aromatic rings. The SMILES string of the molecule is NS(=O)(=O)c1ccccc1-c1ccc2c(c1)N(Cc1c[nH]cn1)CC2. The topological polar surface area (TPSA) is 92.1 Å². The van der Waals surface area contributed by atoms with Gasteiger partial charge >= 0.3 is 0 Å². The van der Waals surface area contributed by atoms with Crippen LogP contribution in [-0.4, -0.2) is 24.9 Å². The fourth-order valence-electron chi connectivity index (χ4n) is 3.30. The van der Waals surface area contributed by atoms with Crippen LogP contribution < -0.4 is 10.0 Å². The summed E-state index contributed by atoms with van der Waals surface area (Å²) in [7, 11) is -3.78. The second kappa shape index (κ2) is 6.02. The summed E-state index contributed by atoms with van der Waals surface area (Å²) in [5, 5.41) is 5.38. The number of hydrogen-bond acceptors (Lipinski definition) is 4. The van der Waals surface area contributed by atoms with Crippen LogP contribution in [0.3, 0.4) is 0 Å². The van der Waals surface area contributed by atoms with E-state index in [2.05, 4.69) is 20.9 Å². The van der Waals surface area contributed by atoms with Gasteiger partial charge in [-0.15, -0.1) is 0 Å². The third kappa shape index (κ3) is 3.04. The third-order valence-corrected chi connectivity index (χ3v) is 5.46. The summed E-state index contributed by atoms with van der Waals surface area (Å²) in [6.45, 7) is 1.64. The largest absolute Gasteiger partial charge is 0.365 e. The van der Waals surface area contributed by atoms with Gasteiger partial charge in [0.05, 0.1) is 23.5 Å². The van der Waals surface area contributed by atoms with Crippen LogP contribution >= 0.6 is 0 Å². The molecule has 0 atom stereocenters. The first-order valence-electron chi connectivity index (χ1n) is 8.00. The van der Waals surface area contributed by atoms with E-state index in [0.29, 0.717) is 5.56 Å². The Hall–Kier alpha value is -2.64. The zero-order chi connectivity index (χ0) is 17.4. The number of anilines is 1. The maximum Gasteiger partial charge on any atom is 0.238 e. The molecule has 0 radical (unpaired) electrons. The number of aromatic nitrogens is 2. The van der Waals surface area contributed by atoms with Crippen LogP contribution in [0.25, 0.3) is 11.1 Å². The van der Waals surface area contributed by atoms with Crippen molar-refractivity contribution in [3.63, 3.8) is 0 Å². The van der Waals surface area contributed by atoms with Crippen molar-refractivity contribution in [3.8, 4) is 11.1 Å². The van der Waals surface area contributed by atoms with Crippen LogP contribution in [0.4, 0.5) is 5.69 Å². The van der Waals surface area contributed by atoms with E-state index < -0.39 is 10.0 Å². The van der Waals surface area contributed by atoms with Gasteiger partial charge in [0.25, 0.3) is 0 Å². The first-order chi connectivity index (χ1) is 12.0. The Morgan fingerprint density at radius 3 is 2.80 bits per heavy atom. The Kier molecular flexibility index (Phi) is 3.82. The lowest BCUT2D eigenvalue weighted by Gasteiger charge is -2.19. The molecule has 0 fully saturated rings. The van der Waals surface area contributed by atoms with Gasteiger partial charge in [-0.2, -0.15) is 0 Å². The average Bonchev–Trinajstić information content (AvgIpc) is 3.24. The van der Waals surface area contributed by atoms with Gasteiger partial charge in [0.2, 0.25) is 10.0 Å². The average molecular weight is 354 g/mol. The predicted octanol–water partition coefficient (Wildman–Crippen LogP) is 2.29. The van der Waals surface area contributed by atoms with E-state index >= 15 is 0 Å². The van der Waals surface area contributed by atoms with Crippen molar-refractivity contribution in [2.45, 2.75) is 17.9 Å². The molecule has 2 heterocycles. The third-order valence-electron chi connectivity index (χ3n) is 4.49. The minimum atomic E-state index is -3.78. The van der Waals surface area contributed by atoms with E-state index in [1.165, 1.54) is 5.56 Å². The molecular weight excluding hydrogens is 336 g/mol. The number of nitrogens with zero attached hydrogens (tertiary/aromatic N) is 2. The summed E-state index contributed by atoms with van der Waals surface area (Å²) < 4.78 is 23.8. The molecule has 3 N–H and O–H groups in total. The van der Waals surface area contributed by atoms with Crippen molar-refractivity contribution >= 4 is 15.7 Å². The Morgan fingerprint density at radius 2 is 2.04 bits per heavy atom. The highest BCUT2D eigenvalue weighted by atomic mass is 32.2. The molecule has 1 aliphatic heterocycles. The van der Waals surface area contributed by atoms with Crippen LogP contribution in [-0.2, 0) is 23.0 Å². The molecule has 7 heteroatoms. The molecule has 1 aromatic heterocycles. The highest BCUT2D eigenvalue weighted by molar-refractivity contribution is 7.89. The van der Waals surface area contributed by atoms with E-state index in [1.54, 1.807) is 24.5 Å². The minimum Gasteiger partial charge on any atom is -0.365 e. The molecule has 6 nitrogen and oxygen atoms in total. The maximum absolute atomic E-state index is 11.9. The van der Waals surface area contributed by atoms with Crippen LogP contribution in [0.2, 0.25) is 0 Å². The van der Waals surface area contributed by atoms with Gasteiger partial charge in [-0.1, -0.05) is 30.3 Å². The van der Waals surface area contributed by atoms with Crippen LogP contribution in [0.15, 0.2) is 59.9 Å². The van der Waals surface area contributed by atoms with Crippen molar-refractivity contribution in [2.75, 3.05) is 11.4 Å². The van der Waals surface area contributed by atoms with Crippen LogP contribution in [0.1, 0.15) is 11.3 Å². The molecule has 128 valence electrons. The zero-order valence-electron chi connectivity index (χ0n) is 13.5. The van der Waals surface area contributed by atoms with Crippen LogP contribution in [0.5, 0.6) is 0 Å². The number of fused-ring (bicyclic) bond motifs is 1. The van der Waals surface area contributed by atoms with Crippen molar-refractivity contribution in [3.05, 3.63) is 66.2 Å². The van der Waals surface area contributed by atoms with Crippen molar-refractivity contribution in [2.24, 2.45) is 5.14 Å². The Balaban J connectivity index is 1.75. The molecule has 1 aliphatic rings. The van der Waals surface area contributed by atoms with E-state index in [1.807, 2.05) is 24.4 Å². The number of imidazole rings is 1. The van der Waals surface area contributed by atoms with Crippen molar-refractivity contribution in [1.29, 1.82) is 0 Å². The van der Waals surface area contributed by atoms with Crippen LogP contribution in [0, 0.1) is 0 Å². The molecule has 0 amide bonds. The fraction of sp³-hybridized carbons (Fsp3) is 0.167. The van der Waals surface area contributed by atoms with Gasteiger partial charge < -0.3 is 9.88 Å². The molecule has 0 aliphatic carbocycles. The van der Waals surface area contributed by atoms with Gasteiger partial charge in [-0.05, 0) is 29.7 Å². The normalized spacial score (nSPS) is 13.9. The highest BCUT2D eigenvalue weighted by Crippen LogP contribution is 2.35. The lowest BCUT2D eigenvalue weighted by molar-refractivity contribution is 0.598. The number of primary sulfonamides is 1. The lowest BCUT2D eigenvalue weighted by atomic mass is 10.0. The van der Waals surface area contributed by atoms with Gasteiger partial charge in [0.15, 0.2) is 0 Å². The Morgan fingerprint density at radius 1 is 1.20 bits per heavy atom. The summed E-state index contributed by atoms with van der Waals surface area (Å²) in [6, 6.07) is 12.9. The molecule has 0 saturated carbocycles. The monoisotopic (exact) mass is 354 g/mol. The molecule has 0 unspecified atom stereocenters. The smallest absolute Gasteiger partial charge is 0.238 e. The van der Waals surface area contributed by atoms with Gasteiger partial charge in [-0.3, -0.25) is 0 Å². The predicted molar refractivity (Wildman–Crippen MR) is 96.6 cm³/mol. The van der Waals surface area contributed by atoms with Crippen molar-refractivity contribution in [1.82, 2.24) is 9.97 Å². The molecule has 0 bridgehead atoms. The second-order valence-corrected chi connectivity index (χ2v) is 7.65. The molecule has 25 heavy (non-hydrogen) atoms. The zero-order valence-corrected chi connectivity index (χ0v) is 14.3. The standard InChI is InChI=1S/C18H18N4O2S/c19-25(23,24)18-4-2-1-3-16(18)14-6-5-13-7-8-22(17(13)9-14)11-15-10-20-12-21-15/h1-6,9-10,12H,7-8,11H2,(H,20,21)(H2,19,23,24). The number of hydrogen-bond donors (Lipinski definition) is 2. The lowest BCUT2D eigenvalue weighted by Crippen LogP contribution is -2.19. The Labute approximate surface area is 146 Å². The number of H-pyrrole nitrogens is 1. The number of nitrogens with two attached hydrogens (primary N) is 1. The quantitative estimate of drug-likeness (QED) is 0.752. The van der Waals surface area contributed by atoms with E-state index in [9.17, 15) is 8.42 Å². The molecule has 0 saturated heterocycles. The van der Waals surface area contributed by atoms with Gasteiger partial charge in [0.1, 0.15) is 0 Å². The number of rotatable bonds is 4. The van der Waals surface area contributed by atoms with E-state index in [0.717, 1.165) is 36.5 Å². The molecular formula is C18H18N4O2S. The van der Waals surface area contributed by atoms with Crippen molar-refractivity contribution < 1.29 is 8.42 Å². The summed E-state index contributed by atoms with van der Waals surface area (Å²) in [4.78, 5) is 9.66. The molecule has 0 spiro atoms. The summed E-state index contributed by atoms with van der Waals surface area (Å²) in [6.07, 6.45) is 4.53. The first kappa shape index (κ1) is 15.9. The number of benzene rings is 2. The highest BCUT2D eigenvalue weighted by Gasteiger charge is 2.22. The maximum atomic E-state index is 11.9. The van der Waals surface area contributed by atoms with Gasteiger partial charge in [-0.25, -0.2) is 18.5 Å². The van der Waals surface area contributed by atoms with Gasteiger partial charge in [0, 0.05) is 24.0 Å². The summed E-state index contributed by atoms with van der Waals surface area (Å²) in [5.41, 5.74) is 4.82. The number of aromatic amines is 1. The van der Waals surface area contributed by atoms with E-state index in [-0.39, 0.29) is 4.90 Å². The number of sulfonamides is 1. The summed E-state index contributed by atoms with van der Waals surface area (Å²) in [5.74, 6) is 0. The minimum absolute atomic E-state index is 0.145. The summed E-state index contributed by atoms with van der Waals surface area (Å²) >= 11 is 0. The second-order valence-electron chi connectivity index (χ2n) is 6.12. The Bertz CT molecular complexity index is 1010. The molecule has 2 aromatic carbocycles. The van der Waals surface area contributed by atoms with E-state index in [4.69, 9.17) is 5.14 Å². The molecule has 4 rings (SSSR count). The first-order valence-corrected chi connectivity index (χ1v) is 9.55.